The molecule has 0 fully saturated rings. The minimum atomic E-state index is -3.54. The molecule has 0 unspecified atom stereocenters. The Morgan fingerprint density at radius 3 is 2.27 bits per heavy atom. The number of fused-ring (bicyclic) bond motifs is 1. The number of amides is 1. The summed E-state index contributed by atoms with van der Waals surface area (Å²) in [6.07, 6.45) is 0. The maximum absolute atomic E-state index is 12.7. The highest BCUT2D eigenvalue weighted by Crippen LogP contribution is 2.30. The fourth-order valence-electron chi connectivity index (χ4n) is 3.12. The first-order chi connectivity index (χ1) is 14.1. The predicted octanol–water partition coefficient (Wildman–Crippen LogP) is 4.88. The minimum Gasteiger partial charge on any atom is -0.298 e. The van der Waals surface area contributed by atoms with Crippen LogP contribution < -0.4 is 5.32 Å². The second-order valence-electron chi connectivity index (χ2n) is 8.02. The molecule has 8 heteroatoms. The monoisotopic (exact) mass is 445 g/mol. The summed E-state index contributed by atoms with van der Waals surface area (Å²) in [6, 6.07) is 12.4. The number of carbonyl (C=O) groups is 1. The van der Waals surface area contributed by atoms with Crippen LogP contribution in [-0.4, -0.2) is 36.7 Å². The van der Waals surface area contributed by atoms with Gasteiger partial charge in [0.15, 0.2) is 5.13 Å². The van der Waals surface area contributed by atoms with Crippen molar-refractivity contribution in [2.24, 2.45) is 0 Å². The first-order valence-corrected chi connectivity index (χ1v) is 12.1. The third-order valence-corrected chi connectivity index (χ3v) is 7.92. The minimum absolute atomic E-state index is 0.0191. The van der Waals surface area contributed by atoms with Crippen LogP contribution in [0.15, 0.2) is 47.4 Å². The lowest BCUT2D eigenvalue weighted by Crippen LogP contribution is -2.30. The third-order valence-electron chi connectivity index (χ3n) is 4.94. The van der Waals surface area contributed by atoms with E-state index in [1.807, 2.05) is 26.0 Å². The molecule has 0 saturated carbocycles. The molecule has 1 heterocycles. The summed E-state index contributed by atoms with van der Waals surface area (Å²) in [5.74, 6) is -0.245. The molecule has 0 radical (unpaired) electrons. The van der Waals surface area contributed by atoms with Crippen LogP contribution in [0.3, 0.4) is 0 Å². The Labute approximate surface area is 182 Å². The molecule has 3 rings (SSSR count). The fraction of sp³-hybridized carbons (Fsp3) is 0.364. The summed E-state index contributed by atoms with van der Waals surface area (Å²) in [5, 5.41) is 3.26. The molecular weight excluding hydrogens is 418 g/mol. The van der Waals surface area contributed by atoms with Crippen molar-refractivity contribution in [1.82, 2.24) is 9.29 Å². The highest BCUT2D eigenvalue weighted by Gasteiger charge is 2.22. The van der Waals surface area contributed by atoms with Crippen LogP contribution in [0.4, 0.5) is 5.13 Å². The summed E-state index contributed by atoms with van der Waals surface area (Å²) in [5.41, 5.74) is 2.37. The molecule has 0 spiro atoms. The summed E-state index contributed by atoms with van der Waals surface area (Å²) in [7, 11) is -3.54. The number of hydrogen-bond donors (Lipinski definition) is 1. The summed E-state index contributed by atoms with van der Waals surface area (Å²) >= 11 is 1.26. The van der Waals surface area contributed by atoms with Gasteiger partial charge < -0.3 is 0 Å². The molecule has 0 saturated heterocycles. The van der Waals surface area contributed by atoms with Gasteiger partial charge in [0.1, 0.15) is 0 Å². The van der Waals surface area contributed by atoms with Crippen molar-refractivity contribution < 1.29 is 13.2 Å². The Morgan fingerprint density at radius 2 is 1.70 bits per heavy atom. The summed E-state index contributed by atoms with van der Waals surface area (Å²) in [4.78, 5) is 17.3. The summed E-state index contributed by atoms with van der Waals surface area (Å²) in [6.45, 7) is 10.8. The highest BCUT2D eigenvalue weighted by atomic mass is 32.2. The number of hydrogen-bond acceptors (Lipinski definition) is 5. The molecule has 3 aromatic rings. The zero-order valence-electron chi connectivity index (χ0n) is 17.9. The van der Waals surface area contributed by atoms with Gasteiger partial charge in [-0.1, -0.05) is 58.1 Å². The topological polar surface area (TPSA) is 79.4 Å². The van der Waals surface area contributed by atoms with E-state index in [9.17, 15) is 13.2 Å². The number of anilines is 1. The van der Waals surface area contributed by atoms with Gasteiger partial charge in [-0.15, -0.1) is 0 Å². The molecule has 0 aliphatic rings. The molecule has 0 aliphatic heterocycles. The number of aromatic nitrogens is 1. The number of carbonyl (C=O) groups excluding carboxylic acids is 1. The number of rotatable bonds is 6. The Balaban J connectivity index is 1.83. The number of thiazole rings is 1. The van der Waals surface area contributed by atoms with Gasteiger partial charge in [0.25, 0.3) is 5.91 Å². The number of sulfonamides is 1. The van der Waals surface area contributed by atoms with E-state index < -0.39 is 10.0 Å². The van der Waals surface area contributed by atoms with Gasteiger partial charge in [0, 0.05) is 18.7 Å². The molecule has 1 aromatic heterocycles. The van der Waals surface area contributed by atoms with Gasteiger partial charge >= 0.3 is 0 Å². The maximum Gasteiger partial charge on any atom is 0.257 e. The van der Waals surface area contributed by atoms with E-state index in [1.54, 1.807) is 30.3 Å². The lowest BCUT2D eigenvalue weighted by Gasteiger charge is -2.18. The lowest BCUT2D eigenvalue weighted by atomic mass is 9.87. The third kappa shape index (κ3) is 4.55. The molecule has 0 aliphatic carbocycles. The van der Waals surface area contributed by atoms with E-state index in [1.165, 1.54) is 15.6 Å². The van der Waals surface area contributed by atoms with Crippen molar-refractivity contribution >= 4 is 42.6 Å². The SMILES string of the molecule is CCN(CC)S(=O)(=O)c1ccc2nc(NC(=O)c3ccc(C(C)(C)C)cc3)sc2c1. The molecule has 30 heavy (non-hydrogen) atoms. The molecule has 2 aromatic carbocycles. The van der Waals surface area contributed by atoms with Crippen molar-refractivity contribution in [3.8, 4) is 0 Å². The van der Waals surface area contributed by atoms with Crippen LogP contribution in [0.1, 0.15) is 50.5 Å². The van der Waals surface area contributed by atoms with E-state index in [-0.39, 0.29) is 16.2 Å². The van der Waals surface area contributed by atoms with Crippen molar-refractivity contribution in [2.75, 3.05) is 18.4 Å². The molecular formula is C22H27N3O3S2. The molecule has 160 valence electrons. The Bertz CT molecular complexity index is 1160. The highest BCUT2D eigenvalue weighted by molar-refractivity contribution is 7.89. The summed E-state index contributed by atoms with van der Waals surface area (Å²) < 4.78 is 27.6. The molecule has 1 amide bonds. The predicted molar refractivity (Wildman–Crippen MR) is 123 cm³/mol. The van der Waals surface area contributed by atoms with E-state index in [2.05, 4.69) is 31.1 Å². The number of nitrogens with zero attached hydrogens (tertiary/aromatic N) is 2. The standard InChI is InChI=1S/C22H27N3O3S2/c1-6-25(7-2)30(27,28)17-12-13-18-19(14-17)29-21(23-18)24-20(26)15-8-10-16(11-9-15)22(3,4)5/h8-14H,6-7H2,1-5H3,(H,23,24,26). The maximum atomic E-state index is 12.7. The molecule has 6 nitrogen and oxygen atoms in total. The first kappa shape index (κ1) is 22.4. The van der Waals surface area contributed by atoms with Gasteiger partial charge in [0.05, 0.1) is 15.1 Å². The second-order valence-corrected chi connectivity index (χ2v) is 11.0. The van der Waals surface area contributed by atoms with Gasteiger partial charge in [-0.25, -0.2) is 13.4 Å². The second kappa shape index (κ2) is 8.45. The van der Waals surface area contributed by atoms with Crippen molar-refractivity contribution in [2.45, 2.75) is 44.9 Å². The Kier molecular flexibility index (Phi) is 6.31. The Morgan fingerprint density at radius 1 is 1.07 bits per heavy atom. The lowest BCUT2D eigenvalue weighted by molar-refractivity contribution is 0.102. The van der Waals surface area contributed by atoms with Crippen molar-refractivity contribution in [1.29, 1.82) is 0 Å². The average Bonchev–Trinajstić information content (AvgIpc) is 3.09. The van der Waals surface area contributed by atoms with Crippen molar-refractivity contribution in [3.63, 3.8) is 0 Å². The fourth-order valence-corrected chi connectivity index (χ4v) is 5.58. The van der Waals surface area contributed by atoms with Gasteiger partial charge in [-0.3, -0.25) is 10.1 Å². The zero-order valence-corrected chi connectivity index (χ0v) is 19.5. The smallest absolute Gasteiger partial charge is 0.257 e. The zero-order chi connectivity index (χ0) is 22.1. The number of benzene rings is 2. The van der Waals surface area contributed by atoms with Crippen LogP contribution in [0.5, 0.6) is 0 Å². The normalized spacial score (nSPS) is 12.5. The largest absolute Gasteiger partial charge is 0.298 e. The van der Waals surface area contributed by atoms with Crippen LogP contribution >= 0.6 is 11.3 Å². The van der Waals surface area contributed by atoms with Crippen LogP contribution in [0.2, 0.25) is 0 Å². The van der Waals surface area contributed by atoms with Gasteiger partial charge in [-0.2, -0.15) is 4.31 Å². The molecule has 0 atom stereocenters. The van der Waals surface area contributed by atoms with Crippen LogP contribution in [-0.2, 0) is 15.4 Å². The first-order valence-electron chi connectivity index (χ1n) is 9.89. The molecule has 0 bridgehead atoms. The van der Waals surface area contributed by atoms with E-state index in [4.69, 9.17) is 0 Å². The van der Waals surface area contributed by atoms with Crippen LogP contribution in [0.25, 0.3) is 10.2 Å². The average molecular weight is 446 g/mol. The molecule has 1 N–H and O–H groups in total. The quantitative estimate of drug-likeness (QED) is 0.587. The van der Waals surface area contributed by atoms with E-state index in [0.29, 0.717) is 34.0 Å². The number of nitrogens with one attached hydrogen (secondary N) is 1. The van der Waals surface area contributed by atoms with E-state index >= 15 is 0 Å². The Hall–Kier alpha value is -2.29. The van der Waals surface area contributed by atoms with Gasteiger partial charge in [0.2, 0.25) is 10.0 Å². The van der Waals surface area contributed by atoms with Crippen LogP contribution in [0, 0.1) is 0 Å². The van der Waals surface area contributed by atoms with E-state index in [0.717, 1.165) is 5.56 Å². The van der Waals surface area contributed by atoms with Gasteiger partial charge in [-0.05, 0) is 41.3 Å². The van der Waals surface area contributed by atoms with Crippen molar-refractivity contribution in [3.05, 3.63) is 53.6 Å².